The molecule has 154 valence electrons. The Labute approximate surface area is 177 Å². The Hall–Kier alpha value is -3.52. The van der Waals surface area contributed by atoms with Crippen LogP contribution in [0.3, 0.4) is 0 Å². The van der Waals surface area contributed by atoms with Crippen LogP contribution in [0.1, 0.15) is 12.5 Å². The molecule has 0 saturated carbocycles. The highest BCUT2D eigenvalue weighted by molar-refractivity contribution is 6.30. The molecule has 0 fully saturated rings. The monoisotopic (exact) mass is 426 g/mol. The molecule has 0 saturated heterocycles. The van der Waals surface area contributed by atoms with Crippen molar-refractivity contribution >= 4 is 34.9 Å². The summed E-state index contributed by atoms with van der Waals surface area (Å²) in [4.78, 5) is 25.1. The van der Waals surface area contributed by atoms with Gasteiger partial charge in [-0.25, -0.2) is 4.68 Å². The molecule has 4 rings (SSSR count). The average Bonchev–Trinajstić information content (AvgIpc) is 3.18. The van der Waals surface area contributed by atoms with Crippen LogP contribution in [0.5, 0.6) is 11.5 Å². The van der Waals surface area contributed by atoms with Crippen LogP contribution in [0.2, 0.25) is 5.02 Å². The third-order valence-electron chi connectivity index (χ3n) is 4.77. The maximum Gasteiger partial charge on any atom is 0.249 e. The number of nitrogens with zero attached hydrogens (tertiary/aromatic N) is 2. The predicted molar refractivity (Wildman–Crippen MR) is 113 cm³/mol. The summed E-state index contributed by atoms with van der Waals surface area (Å²) in [5, 5.41) is 10.7. The molecule has 1 aliphatic heterocycles. The minimum absolute atomic E-state index is 0.0144. The van der Waals surface area contributed by atoms with Crippen LogP contribution in [0.15, 0.2) is 48.5 Å². The molecule has 2 aromatic carbocycles. The molecule has 0 bridgehead atoms. The largest absolute Gasteiger partial charge is 0.493 e. The van der Waals surface area contributed by atoms with E-state index in [1.54, 1.807) is 56.7 Å². The standard InChI is InChI=1S/C21H19ClN4O4/c1-29-17-8-3-12(9-18(17)30-2)15-10-19-24-20(27)11-16(26(19)25-15)21(28)23-14-6-4-13(22)5-7-14/h3-10,16H,11H2,1-2H3,(H,23,28)(H,24,27). The van der Waals surface area contributed by atoms with Crippen molar-refractivity contribution in [3.63, 3.8) is 0 Å². The normalized spacial score (nSPS) is 15.2. The van der Waals surface area contributed by atoms with E-state index < -0.39 is 6.04 Å². The van der Waals surface area contributed by atoms with Crippen LogP contribution in [0.25, 0.3) is 11.3 Å². The molecule has 8 nitrogen and oxygen atoms in total. The number of anilines is 2. The molecule has 9 heteroatoms. The van der Waals surface area contributed by atoms with E-state index >= 15 is 0 Å². The Bertz CT molecular complexity index is 1110. The molecule has 0 radical (unpaired) electrons. The number of amides is 2. The van der Waals surface area contributed by atoms with Gasteiger partial charge in [-0.05, 0) is 42.5 Å². The highest BCUT2D eigenvalue weighted by atomic mass is 35.5. The van der Waals surface area contributed by atoms with Gasteiger partial charge in [-0.15, -0.1) is 0 Å². The number of methoxy groups -OCH3 is 2. The van der Waals surface area contributed by atoms with Crippen molar-refractivity contribution in [2.24, 2.45) is 0 Å². The van der Waals surface area contributed by atoms with Crippen molar-refractivity contribution in [2.75, 3.05) is 24.9 Å². The molecule has 1 atom stereocenters. The van der Waals surface area contributed by atoms with E-state index in [2.05, 4.69) is 15.7 Å². The van der Waals surface area contributed by atoms with E-state index in [4.69, 9.17) is 21.1 Å². The Morgan fingerprint density at radius 1 is 1.13 bits per heavy atom. The van der Waals surface area contributed by atoms with Crippen molar-refractivity contribution in [2.45, 2.75) is 12.5 Å². The van der Waals surface area contributed by atoms with Gasteiger partial charge in [-0.1, -0.05) is 11.6 Å². The fourth-order valence-corrected chi connectivity index (χ4v) is 3.41. The molecule has 2 heterocycles. The molecular weight excluding hydrogens is 408 g/mol. The van der Waals surface area contributed by atoms with E-state index in [-0.39, 0.29) is 18.2 Å². The number of carbonyl (C=O) groups excluding carboxylic acids is 2. The van der Waals surface area contributed by atoms with Gasteiger partial charge in [0, 0.05) is 22.3 Å². The second-order valence-corrected chi connectivity index (χ2v) is 7.13. The Morgan fingerprint density at radius 3 is 2.57 bits per heavy atom. The van der Waals surface area contributed by atoms with E-state index in [0.29, 0.717) is 33.7 Å². The summed E-state index contributed by atoms with van der Waals surface area (Å²) in [6.07, 6.45) is -0.0144. The zero-order valence-electron chi connectivity index (χ0n) is 16.3. The number of fused-ring (bicyclic) bond motifs is 1. The predicted octanol–water partition coefficient (Wildman–Crippen LogP) is 3.74. The van der Waals surface area contributed by atoms with Gasteiger partial charge in [-0.3, -0.25) is 9.59 Å². The summed E-state index contributed by atoms with van der Waals surface area (Å²) in [6, 6.07) is 13.1. The summed E-state index contributed by atoms with van der Waals surface area (Å²) < 4.78 is 12.1. The summed E-state index contributed by atoms with van der Waals surface area (Å²) in [7, 11) is 3.11. The van der Waals surface area contributed by atoms with Gasteiger partial charge in [0.2, 0.25) is 11.8 Å². The zero-order chi connectivity index (χ0) is 21.3. The number of benzene rings is 2. The van der Waals surface area contributed by atoms with Gasteiger partial charge in [0.25, 0.3) is 0 Å². The number of halogens is 1. The topological polar surface area (TPSA) is 94.5 Å². The maximum absolute atomic E-state index is 12.9. The fraction of sp³-hybridized carbons (Fsp3) is 0.190. The zero-order valence-corrected chi connectivity index (χ0v) is 17.1. The number of ether oxygens (including phenoxy) is 2. The Kier molecular flexibility index (Phi) is 5.33. The smallest absolute Gasteiger partial charge is 0.249 e. The lowest BCUT2D eigenvalue weighted by Gasteiger charge is -2.23. The van der Waals surface area contributed by atoms with Crippen molar-refractivity contribution < 1.29 is 19.1 Å². The summed E-state index contributed by atoms with van der Waals surface area (Å²) in [5.41, 5.74) is 1.95. The maximum atomic E-state index is 12.9. The molecule has 2 N–H and O–H groups in total. The van der Waals surface area contributed by atoms with Crippen LogP contribution < -0.4 is 20.1 Å². The van der Waals surface area contributed by atoms with Crippen molar-refractivity contribution in [3.05, 3.63) is 53.6 Å². The fourth-order valence-electron chi connectivity index (χ4n) is 3.28. The second kappa shape index (κ2) is 8.08. The SMILES string of the molecule is COc1ccc(-c2cc3n(n2)C(C(=O)Nc2ccc(Cl)cc2)CC(=O)N3)cc1OC. The molecule has 1 aromatic heterocycles. The van der Waals surface area contributed by atoms with Gasteiger partial charge < -0.3 is 20.1 Å². The Morgan fingerprint density at radius 2 is 1.87 bits per heavy atom. The highest BCUT2D eigenvalue weighted by Gasteiger charge is 2.32. The number of aromatic nitrogens is 2. The van der Waals surface area contributed by atoms with Crippen molar-refractivity contribution in [1.29, 1.82) is 0 Å². The number of carbonyl (C=O) groups is 2. The molecule has 30 heavy (non-hydrogen) atoms. The first kappa shape index (κ1) is 19.8. The summed E-state index contributed by atoms with van der Waals surface area (Å²) in [6.45, 7) is 0. The van der Waals surface area contributed by atoms with Crippen LogP contribution in [0.4, 0.5) is 11.5 Å². The third kappa shape index (κ3) is 3.81. The van der Waals surface area contributed by atoms with E-state index in [1.807, 2.05) is 6.07 Å². The quantitative estimate of drug-likeness (QED) is 0.648. The first-order valence-corrected chi connectivity index (χ1v) is 9.54. The summed E-state index contributed by atoms with van der Waals surface area (Å²) in [5.74, 6) is 1.01. The third-order valence-corrected chi connectivity index (χ3v) is 5.02. The molecule has 1 unspecified atom stereocenters. The van der Waals surface area contributed by atoms with Crippen molar-refractivity contribution in [3.8, 4) is 22.8 Å². The minimum Gasteiger partial charge on any atom is -0.493 e. The molecule has 0 spiro atoms. The number of hydrogen-bond acceptors (Lipinski definition) is 5. The van der Waals surface area contributed by atoms with Gasteiger partial charge in [0.05, 0.1) is 26.3 Å². The second-order valence-electron chi connectivity index (χ2n) is 6.69. The van der Waals surface area contributed by atoms with Gasteiger partial charge >= 0.3 is 0 Å². The van der Waals surface area contributed by atoms with E-state index in [1.165, 1.54) is 4.68 Å². The highest BCUT2D eigenvalue weighted by Crippen LogP contribution is 2.35. The lowest BCUT2D eigenvalue weighted by Crippen LogP contribution is -2.35. The van der Waals surface area contributed by atoms with E-state index in [0.717, 1.165) is 5.56 Å². The Balaban J connectivity index is 1.65. The lowest BCUT2D eigenvalue weighted by molar-refractivity contribution is -0.125. The van der Waals surface area contributed by atoms with E-state index in [9.17, 15) is 9.59 Å². The number of rotatable bonds is 5. The van der Waals surface area contributed by atoms with Gasteiger partial charge in [-0.2, -0.15) is 5.10 Å². The van der Waals surface area contributed by atoms with Crippen LogP contribution in [-0.2, 0) is 9.59 Å². The molecule has 2 amide bonds. The number of hydrogen-bond donors (Lipinski definition) is 2. The molecule has 0 aliphatic carbocycles. The molecule has 3 aromatic rings. The van der Waals surface area contributed by atoms with Gasteiger partial charge in [0.1, 0.15) is 11.9 Å². The minimum atomic E-state index is -0.779. The molecule has 1 aliphatic rings. The number of nitrogens with one attached hydrogen (secondary N) is 2. The first-order valence-electron chi connectivity index (χ1n) is 9.16. The lowest BCUT2D eigenvalue weighted by atomic mass is 10.1. The average molecular weight is 427 g/mol. The van der Waals surface area contributed by atoms with Gasteiger partial charge in [0.15, 0.2) is 11.5 Å². The molecular formula is C21H19ClN4O4. The van der Waals surface area contributed by atoms with Crippen LogP contribution in [-0.4, -0.2) is 35.8 Å². The van der Waals surface area contributed by atoms with Crippen molar-refractivity contribution in [1.82, 2.24) is 9.78 Å². The van der Waals surface area contributed by atoms with Crippen LogP contribution in [0, 0.1) is 0 Å². The first-order chi connectivity index (χ1) is 14.5. The van der Waals surface area contributed by atoms with Crippen LogP contribution >= 0.6 is 11.6 Å². The summed E-state index contributed by atoms with van der Waals surface area (Å²) >= 11 is 5.89.